The van der Waals surface area contributed by atoms with Gasteiger partial charge in [0.2, 0.25) is 11.8 Å². The lowest BCUT2D eigenvalue weighted by molar-refractivity contribution is -0.126. The molecule has 6 nitrogen and oxygen atoms in total. The van der Waals surface area contributed by atoms with Gasteiger partial charge < -0.3 is 16.0 Å². The maximum atomic E-state index is 13.8. The molecule has 0 aliphatic carbocycles. The molecular formula is C20H18F5N3O3. The molecular weight excluding hydrogens is 425 g/mol. The van der Waals surface area contributed by atoms with Crippen LogP contribution >= 0.6 is 0 Å². The topological polar surface area (TPSA) is 87.3 Å². The van der Waals surface area contributed by atoms with Gasteiger partial charge in [-0.25, -0.2) is 22.0 Å². The van der Waals surface area contributed by atoms with Crippen molar-refractivity contribution in [1.82, 2.24) is 10.6 Å². The molecule has 0 aliphatic heterocycles. The van der Waals surface area contributed by atoms with E-state index in [2.05, 4.69) is 10.6 Å². The number of hydrogen-bond acceptors (Lipinski definition) is 3. The third-order valence-electron chi connectivity index (χ3n) is 4.16. The Kier molecular flexibility index (Phi) is 7.67. The van der Waals surface area contributed by atoms with Gasteiger partial charge in [0.25, 0.3) is 5.91 Å². The van der Waals surface area contributed by atoms with Gasteiger partial charge in [-0.1, -0.05) is 19.9 Å². The van der Waals surface area contributed by atoms with Gasteiger partial charge in [0.05, 0.1) is 12.2 Å². The molecule has 2 rings (SSSR count). The van der Waals surface area contributed by atoms with E-state index in [9.17, 15) is 36.3 Å². The molecule has 0 heterocycles. The van der Waals surface area contributed by atoms with Crippen LogP contribution in [0, 0.1) is 35.0 Å². The fraction of sp³-hybridized carbons (Fsp3) is 0.250. The highest BCUT2D eigenvalue weighted by atomic mass is 19.2. The number of nitrogens with one attached hydrogen (secondary N) is 3. The summed E-state index contributed by atoms with van der Waals surface area (Å²) in [5.41, 5.74) is -1.51. The summed E-state index contributed by atoms with van der Waals surface area (Å²) in [5, 5.41) is 6.33. The van der Waals surface area contributed by atoms with Crippen molar-refractivity contribution in [3.63, 3.8) is 0 Å². The average Bonchev–Trinajstić information content (AvgIpc) is 2.70. The standard InChI is InChI=1S/C20H18F5N3O3/c1-9(2)18(28-19(30)15-10(21)4-3-5-11(15)22)20(31)26-8-14(29)27-13-7-6-12(23)16(24)17(13)25/h3-7,9,18H,8H2,1-2H3,(H,26,31)(H,27,29)(H,28,30). The van der Waals surface area contributed by atoms with Crippen molar-refractivity contribution in [3.8, 4) is 0 Å². The van der Waals surface area contributed by atoms with Crippen LogP contribution in [0.2, 0.25) is 0 Å². The highest BCUT2D eigenvalue weighted by Crippen LogP contribution is 2.19. The van der Waals surface area contributed by atoms with Crippen LogP contribution in [0.4, 0.5) is 27.6 Å². The Bertz CT molecular complexity index is 994. The number of hydrogen-bond donors (Lipinski definition) is 3. The van der Waals surface area contributed by atoms with Crippen LogP contribution in [-0.2, 0) is 9.59 Å². The molecule has 11 heteroatoms. The van der Waals surface area contributed by atoms with Crippen molar-refractivity contribution < 1.29 is 36.3 Å². The molecule has 166 valence electrons. The third-order valence-corrected chi connectivity index (χ3v) is 4.16. The van der Waals surface area contributed by atoms with Crippen molar-refractivity contribution in [1.29, 1.82) is 0 Å². The molecule has 0 fully saturated rings. The summed E-state index contributed by atoms with van der Waals surface area (Å²) >= 11 is 0. The van der Waals surface area contributed by atoms with E-state index >= 15 is 0 Å². The van der Waals surface area contributed by atoms with Crippen molar-refractivity contribution in [2.75, 3.05) is 11.9 Å². The fourth-order valence-corrected chi connectivity index (χ4v) is 2.56. The van der Waals surface area contributed by atoms with Gasteiger partial charge in [-0.15, -0.1) is 0 Å². The first-order chi connectivity index (χ1) is 14.5. The van der Waals surface area contributed by atoms with Crippen LogP contribution in [0.15, 0.2) is 30.3 Å². The summed E-state index contributed by atoms with van der Waals surface area (Å²) in [4.78, 5) is 36.5. The van der Waals surface area contributed by atoms with Crippen LogP contribution in [0.3, 0.4) is 0 Å². The summed E-state index contributed by atoms with van der Waals surface area (Å²) in [6.07, 6.45) is 0. The van der Waals surface area contributed by atoms with Crippen LogP contribution in [0.1, 0.15) is 24.2 Å². The minimum atomic E-state index is -1.77. The molecule has 0 saturated heterocycles. The number of anilines is 1. The van der Waals surface area contributed by atoms with Gasteiger partial charge in [-0.2, -0.15) is 0 Å². The van der Waals surface area contributed by atoms with Crippen molar-refractivity contribution in [2.24, 2.45) is 5.92 Å². The van der Waals surface area contributed by atoms with Crippen LogP contribution in [0.25, 0.3) is 0 Å². The SMILES string of the molecule is CC(C)C(NC(=O)c1c(F)cccc1F)C(=O)NCC(=O)Nc1ccc(F)c(F)c1F. The maximum absolute atomic E-state index is 13.8. The summed E-state index contributed by atoms with van der Waals surface area (Å²) in [5.74, 6) is -10.6. The van der Waals surface area contributed by atoms with Gasteiger partial charge in [0.1, 0.15) is 23.2 Å². The number of halogens is 5. The Morgan fingerprint density at radius 2 is 1.48 bits per heavy atom. The van der Waals surface area contributed by atoms with Gasteiger partial charge in [0.15, 0.2) is 17.5 Å². The number of benzene rings is 2. The Labute approximate surface area is 173 Å². The molecule has 0 aromatic heterocycles. The summed E-state index contributed by atoms with van der Waals surface area (Å²) in [6, 6.07) is 2.97. The smallest absolute Gasteiger partial charge is 0.257 e. The number of amides is 3. The van der Waals surface area contributed by atoms with E-state index in [0.29, 0.717) is 6.07 Å². The molecule has 0 saturated carbocycles. The van der Waals surface area contributed by atoms with Crippen LogP contribution in [0.5, 0.6) is 0 Å². The largest absolute Gasteiger partial charge is 0.345 e. The second kappa shape index (κ2) is 10.0. The molecule has 1 unspecified atom stereocenters. The fourth-order valence-electron chi connectivity index (χ4n) is 2.56. The minimum Gasteiger partial charge on any atom is -0.345 e. The van der Waals surface area contributed by atoms with Gasteiger partial charge in [-0.05, 0) is 30.2 Å². The van der Waals surface area contributed by atoms with E-state index in [1.54, 1.807) is 13.8 Å². The van der Waals surface area contributed by atoms with E-state index in [4.69, 9.17) is 0 Å². The third kappa shape index (κ3) is 5.77. The van der Waals surface area contributed by atoms with Crippen LogP contribution in [-0.4, -0.2) is 30.3 Å². The van der Waals surface area contributed by atoms with Crippen LogP contribution < -0.4 is 16.0 Å². The predicted octanol–water partition coefficient (Wildman–Crippen LogP) is 2.89. The van der Waals surface area contributed by atoms with E-state index in [-0.39, 0.29) is 0 Å². The Morgan fingerprint density at radius 1 is 0.871 bits per heavy atom. The monoisotopic (exact) mass is 443 g/mol. The molecule has 0 bridgehead atoms. The number of carbonyl (C=O) groups excluding carboxylic acids is 3. The molecule has 1 atom stereocenters. The molecule has 0 spiro atoms. The lowest BCUT2D eigenvalue weighted by Gasteiger charge is -2.22. The molecule has 2 aromatic carbocycles. The van der Waals surface area contributed by atoms with Gasteiger partial charge in [-0.3, -0.25) is 14.4 Å². The van der Waals surface area contributed by atoms with E-state index < -0.39 is 76.6 Å². The lowest BCUT2D eigenvalue weighted by atomic mass is 10.0. The Hall–Kier alpha value is -3.50. The average molecular weight is 443 g/mol. The summed E-state index contributed by atoms with van der Waals surface area (Å²) in [7, 11) is 0. The molecule has 31 heavy (non-hydrogen) atoms. The number of rotatable bonds is 7. The molecule has 0 aliphatic rings. The van der Waals surface area contributed by atoms with Gasteiger partial charge in [0, 0.05) is 0 Å². The Morgan fingerprint density at radius 3 is 2.06 bits per heavy atom. The first-order valence-electron chi connectivity index (χ1n) is 8.98. The molecule has 3 amide bonds. The quantitative estimate of drug-likeness (QED) is 0.454. The van der Waals surface area contributed by atoms with Crippen molar-refractivity contribution in [3.05, 3.63) is 65.0 Å². The summed E-state index contributed by atoms with van der Waals surface area (Å²) < 4.78 is 67.3. The zero-order valence-corrected chi connectivity index (χ0v) is 16.4. The zero-order chi connectivity index (χ0) is 23.3. The van der Waals surface area contributed by atoms with Crippen molar-refractivity contribution in [2.45, 2.75) is 19.9 Å². The highest BCUT2D eigenvalue weighted by Gasteiger charge is 2.27. The molecule has 0 radical (unpaired) electrons. The Balaban J connectivity index is 2.02. The predicted molar refractivity (Wildman–Crippen MR) is 100 cm³/mol. The van der Waals surface area contributed by atoms with Crippen molar-refractivity contribution >= 4 is 23.4 Å². The molecule has 2 aromatic rings. The zero-order valence-electron chi connectivity index (χ0n) is 16.4. The first kappa shape index (κ1) is 23.8. The summed E-state index contributed by atoms with van der Waals surface area (Å²) in [6.45, 7) is 2.38. The lowest BCUT2D eigenvalue weighted by Crippen LogP contribution is -2.51. The maximum Gasteiger partial charge on any atom is 0.257 e. The van der Waals surface area contributed by atoms with Gasteiger partial charge >= 0.3 is 0 Å². The second-order valence-electron chi connectivity index (χ2n) is 6.78. The second-order valence-corrected chi connectivity index (χ2v) is 6.78. The van der Waals surface area contributed by atoms with E-state index in [1.165, 1.54) is 0 Å². The highest BCUT2D eigenvalue weighted by molar-refractivity contribution is 5.99. The normalized spacial score (nSPS) is 11.7. The molecule has 3 N–H and O–H groups in total. The first-order valence-corrected chi connectivity index (χ1v) is 8.98. The van der Waals surface area contributed by atoms with E-state index in [0.717, 1.165) is 24.3 Å². The number of carbonyl (C=O) groups is 3. The van der Waals surface area contributed by atoms with E-state index in [1.807, 2.05) is 5.32 Å². The minimum absolute atomic E-state index is 0.537.